The molecule has 24 heavy (non-hydrogen) atoms. The molecule has 0 aliphatic heterocycles. The van der Waals surface area contributed by atoms with Crippen molar-refractivity contribution in [3.05, 3.63) is 60.9 Å². The fraction of sp³-hybridized carbons (Fsp3) is 0.0625. The van der Waals surface area contributed by atoms with Crippen LogP contribution in [0.2, 0.25) is 0 Å². The van der Waals surface area contributed by atoms with Gasteiger partial charge in [-0.1, -0.05) is 18.2 Å². The van der Waals surface area contributed by atoms with E-state index in [1.165, 1.54) is 10.7 Å². The van der Waals surface area contributed by atoms with Gasteiger partial charge in [-0.3, -0.25) is 0 Å². The highest BCUT2D eigenvalue weighted by Crippen LogP contribution is 2.29. The van der Waals surface area contributed by atoms with Crippen LogP contribution in [0.4, 0.5) is 13.2 Å². The molecule has 0 aliphatic carbocycles. The Hall–Kier alpha value is -3.16. The number of rotatable bonds is 2. The highest BCUT2D eigenvalue weighted by atomic mass is 19.4. The minimum absolute atomic E-state index is 0.103. The number of alkyl halides is 3. The van der Waals surface area contributed by atoms with Gasteiger partial charge in [-0.15, -0.1) is 0 Å². The number of nitrogens with zero attached hydrogens (tertiary/aromatic N) is 4. The zero-order chi connectivity index (χ0) is 16.7. The van der Waals surface area contributed by atoms with Gasteiger partial charge in [0.15, 0.2) is 5.69 Å². The third-order valence-electron chi connectivity index (χ3n) is 3.54. The van der Waals surface area contributed by atoms with Crippen molar-refractivity contribution >= 4 is 5.78 Å². The van der Waals surface area contributed by atoms with Crippen molar-refractivity contribution in [2.24, 2.45) is 0 Å². The molecule has 0 saturated heterocycles. The zero-order valence-corrected chi connectivity index (χ0v) is 12.0. The molecule has 0 spiro atoms. The van der Waals surface area contributed by atoms with Crippen LogP contribution in [0, 0.1) is 0 Å². The smallest absolute Gasteiger partial charge is 0.435 e. The lowest BCUT2D eigenvalue weighted by atomic mass is 10.0. The van der Waals surface area contributed by atoms with Gasteiger partial charge in [-0.2, -0.15) is 22.8 Å². The fourth-order valence-electron chi connectivity index (χ4n) is 2.40. The first kappa shape index (κ1) is 14.4. The number of fused-ring (bicyclic) bond motifs is 1. The van der Waals surface area contributed by atoms with Crippen LogP contribution in [-0.4, -0.2) is 19.6 Å². The SMILES string of the molecule is FC(F)(F)c1cnn2c(-c3cccc(-c4ccoc4)c3)cnc2n1. The van der Waals surface area contributed by atoms with Crippen LogP contribution in [0.1, 0.15) is 5.69 Å². The molecule has 0 saturated carbocycles. The molecule has 4 aromatic rings. The Morgan fingerprint density at radius 3 is 2.58 bits per heavy atom. The van der Waals surface area contributed by atoms with Gasteiger partial charge in [0.05, 0.1) is 30.6 Å². The summed E-state index contributed by atoms with van der Waals surface area (Å²) in [7, 11) is 0. The summed E-state index contributed by atoms with van der Waals surface area (Å²) in [5.74, 6) is -0.103. The van der Waals surface area contributed by atoms with Gasteiger partial charge in [0, 0.05) is 11.1 Å². The Labute approximate surface area is 133 Å². The van der Waals surface area contributed by atoms with Crippen LogP contribution in [0.5, 0.6) is 0 Å². The van der Waals surface area contributed by atoms with E-state index in [0.29, 0.717) is 11.9 Å². The molecular formula is C16H9F3N4O. The Kier molecular flexibility index (Phi) is 3.12. The van der Waals surface area contributed by atoms with E-state index in [9.17, 15) is 13.2 Å². The van der Waals surface area contributed by atoms with Crippen molar-refractivity contribution in [1.29, 1.82) is 0 Å². The standard InChI is InChI=1S/C16H9F3N4O/c17-16(18,19)14-8-21-23-13(7-20-15(23)22-14)11-3-1-2-10(6-11)12-4-5-24-9-12/h1-9H. The first-order valence-corrected chi connectivity index (χ1v) is 6.93. The molecule has 4 rings (SSSR count). The second-order valence-electron chi connectivity index (χ2n) is 5.09. The van der Waals surface area contributed by atoms with E-state index in [4.69, 9.17) is 4.42 Å². The van der Waals surface area contributed by atoms with Gasteiger partial charge in [-0.05, 0) is 17.7 Å². The molecule has 0 amide bonds. The van der Waals surface area contributed by atoms with Crippen LogP contribution in [-0.2, 0) is 6.18 Å². The molecule has 5 nitrogen and oxygen atoms in total. The summed E-state index contributed by atoms with van der Waals surface area (Å²) in [6.07, 6.45) is 0.771. The maximum atomic E-state index is 12.7. The van der Waals surface area contributed by atoms with E-state index in [0.717, 1.165) is 16.7 Å². The van der Waals surface area contributed by atoms with Gasteiger partial charge in [0.1, 0.15) is 0 Å². The van der Waals surface area contributed by atoms with E-state index >= 15 is 0 Å². The van der Waals surface area contributed by atoms with Crippen molar-refractivity contribution < 1.29 is 17.6 Å². The van der Waals surface area contributed by atoms with Crippen molar-refractivity contribution in [2.75, 3.05) is 0 Å². The van der Waals surface area contributed by atoms with Crippen LogP contribution in [0.25, 0.3) is 28.2 Å². The van der Waals surface area contributed by atoms with Crippen LogP contribution < -0.4 is 0 Å². The van der Waals surface area contributed by atoms with E-state index in [1.807, 2.05) is 30.3 Å². The highest BCUT2D eigenvalue weighted by molar-refractivity contribution is 5.71. The molecule has 0 unspecified atom stereocenters. The lowest BCUT2D eigenvalue weighted by Crippen LogP contribution is -2.11. The molecule has 0 aliphatic rings. The number of hydrogen-bond donors (Lipinski definition) is 0. The summed E-state index contributed by atoms with van der Waals surface area (Å²) >= 11 is 0. The number of halogens is 3. The summed E-state index contributed by atoms with van der Waals surface area (Å²) in [4.78, 5) is 7.45. The van der Waals surface area contributed by atoms with E-state index in [2.05, 4.69) is 15.1 Å². The molecule has 0 atom stereocenters. The number of imidazole rings is 1. The highest BCUT2D eigenvalue weighted by Gasteiger charge is 2.33. The Bertz CT molecular complexity index is 1010. The van der Waals surface area contributed by atoms with Gasteiger partial charge in [-0.25, -0.2) is 9.97 Å². The van der Waals surface area contributed by atoms with Gasteiger partial charge < -0.3 is 4.42 Å². The van der Waals surface area contributed by atoms with Gasteiger partial charge in [0.2, 0.25) is 0 Å². The molecule has 0 N–H and O–H groups in total. The molecule has 3 heterocycles. The lowest BCUT2D eigenvalue weighted by molar-refractivity contribution is -0.141. The first-order valence-electron chi connectivity index (χ1n) is 6.93. The third-order valence-corrected chi connectivity index (χ3v) is 3.54. The number of furan rings is 1. The van der Waals surface area contributed by atoms with Gasteiger partial charge >= 0.3 is 6.18 Å². The monoisotopic (exact) mass is 330 g/mol. The lowest BCUT2D eigenvalue weighted by Gasteiger charge is -2.06. The molecule has 0 radical (unpaired) electrons. The molecule has 3 aromatic heterocycles. The molecule has 0 bridgehead atoms. The summed E-state index contributed by atoms with van der Waals surface area (Å²) in [5.41, 5.74) is 2.05. The molecule has 120 valence electrons. The Balaban J connectivity index is 1.81. The van der Waals surface area contributed by atoms with Crippen LogP contribution >= 0.6 is 0 Å². The van der Waals surface area contributed by atoms with Crippen LogP contribution in [0.15, 0.2) is 59.7 Å². The minimum Gasteiger partial charge on any atom is -0.472 e. The average molecular weight is 330 g/mol. The van der Waals surface area contributed by atoms with Crippen molar-refractivity contribution in [1.82, 2.24) is 19.6 Å². The predicted octanol–water partition coefficient (Wildman–Crippen LogP) is 4.07. The van der Waals surface area contributed by atoms with E-state index in [1.54, 1.807) is 12.5 Å². The largest absolute Gasteiger partial charge is 0.472 e. The van der Waals surface area contributed by atoms with E-state index in [-0.39, 0.29) is 5.78 Å². The molecule has 8 heteroatoms. The van der Waals surface area contributed by atoms with Crippen molar-refractivity contribution in [2.45, 2.75) is 6.18 Å². The second kappa shape index (κ2) is 5.19. The predicted molar refractivity (Wildman–Crippen MR) is 78.9 cm³/mol. The zero-order valence-electron chi connectivity index (χ0n) is 12.0. The summed E-state index contributed by atoms with van der Waals surface area (Å²) in [5, 5.41) is 3.83. The molecule has 1 aromatic carbocycles. The number of benzene rings is 1. The fourth-order valence-corrected chi connectivity index (χ4v) is 2.40. The Morgan fingerprint density at radius 1 is 1.00 bits per heavy atom. The van der Waals surface area contributed by atoms with E-state index < -0.39 is 11.9 Å². The summed E-state index contributed by atoms with van der Waals surface area (Å²) in [6, 6.07) is 9.28. The maximum Gasteiger partial charge on any atom is 0.435 e. The van der Waals surface area contributed by atoms with Crippen molar-refractivity contribution in [3.8, 4) is 22.4 Å². The normalized spacial score (nSPS) is 12.0. The van der Waals surface area contributed by atoms with Crippen LogP contribution in [0.3, 0.4) is 0 Å². The topological polar surface area (TPSA) is 56.2 Å². The minimum atomic E-state index is -4.55. The second-order valence-corrected chi connectivity index (χ2v) is 5.09. The summed E-state index contributed by atoms with van der Waals surface area (Å²) in [6.45, 7) is 0. The molecule has 0 fully saturated rings. The Morgan fingerprint density at radius 2 is 1.83 bits per heavy atom. The average Bonchev–Trinajstić information content (AvgIpc) is 3.23. The first-order chi connectivity index (χ1) is 11.5. The summed E-state index contributed by atoms with van der Waals surface area (Å²) < 4.78 is 44.5. The number of aromatic nitrogens is 4. The third kappa shape index (κ3) is 2.41. The quantitative estimate of drug-likeness (QED) is 0.556. The van der Waals surface area contributed by atoms with Gasteiger partial charge in [0.25, 0.3) is 5.78 Å². The maximum absolute atomic E-state index is 12.7. The number of hydrogen-bond acceptors (Lipinski definition) is 4. The van der Waals surface area contributed by atoms with Crippen molar-refractivity contribution in [3.63, 3.8) is 0 Å². The molecular weight excluding hydrogens is 321 g/mol.